The molecular weight excluding hydrogens is 224 g/mol. The normalized spacial score (nSPS) is 10.9. The van der Waals surface area contributed by atoms with Crippen LogP contribution in [0.1, 0.15) is 30.6 Å². The Morgan fingerprint density at radius 3 is 2.71 bits per heavy atom. The van der Waals surface area contributed by atoms with E-state index in [1.54, 1.807) is 0 Å². The lowest BCUT2D eigenvalue weighted by Gasteiger charge is -2.07. The molecule has 1 N–H and O–H groups in total. The predicted molar refractivity (Wildman–Crippen MR) is 63.0 cm³/mol. The number of halogens is 2. The number of hydrogen-bond acceptors (Lipinski definition) is 2. The molecule has 0 heterocycles. The number of ketones is 1. The fourth-order valence-electron chi connectivity index (χ4n) is 1.40. The molecule has 0 saturated carbocycles. The summed E-state index contributed by atoms with van der Waals surface area (Å²) >= 11 is 0. The van der Waals surface area contributed by atoms with Crippen LogP contribution in [-0.2, 0) is 0 Å². The third kappa shape index (κ3) is 4.61. The molecule has 17 heavy (non-hydrogen) atoms. The standard InChI is InChI=1S/C13H17F2NO/c1-9(2)5-6-16-8-13(17)11-7-10(14)3-4-12(11)15/h3-4,7,9,16H,5-6,8H2,1-2H3. The first kappa shape index (κ1) is 13.8. The molecule has 0 aliphatic heterocycles. The van der Waals surface area contributed by atoms with Gasteiger partial charge in [0.2, 0.25) is 0 Å². The lowest BCUT2D eigenvalue weighted by molar-refractivity contribution is 0.0986. The van der Waals surface area contributed by atoms with Crippen molar-refractivity contribution in [1.82, 2.24) is 5.32 Å². The Morgan fingerprint density at radius 1 is 1.35 bits per heavy atom. The highest BCUT2D eigenvalue weighted by Gasteiger charge is 2.12. The second kappa shape index (κ2) is 6.45. The molecule has 0 saturated heterocycles. The molecule has 0 radical (unpaired) electrons. The summed E-state index contributed by atoms with van der Waals surface area (Å²) in [6.45, 7) is 4.89. The van der Waals surface area contributed by atoms with Crippen LogP contribution in [0.3, 0.4) is 0 Å². The van der Waals surface area contributed by atoms with E-state index in [4.69, 9.17) is 0 Å². The molecule has 1 aromatic carbocycles. The average molecular weight is 241 g/mol. The van der Waals surface area contributed by atoms with Gasteiger partial charge >= 0.3 is 0 Å². The molecule has 0 atom stereocenters. The van der Waals surface area contributed by atoms with Crippen LogP contribution in [0.5, 0.6) is 0 Å². The monoisotopic (exact) mass is 241 g/mol. The SMILES string of the molecule is CC(C)CCNCC(=O)c1cc(F)ccc1F. The van der Waals surface area contributed by atoms with Crippen molar-refractivity contribution < 1.29 is 13.6 Å². The smallest absolute Gasteiger partial charge is 0.179 e. The highest BCUT2D eigenvalue weighted by Crippen LogP contribution is 2.10. The van der Waals surface area contributed by atoms with E-state index in [1.165, 1.54) is 0 Å². The molecule has 0 spiro atoms. The molecule has 0 amide bonds. The molecule has 94 valence electrons. The largest absolute Gasteiger partial charge is 0.310 e. The molecule has 1 aromatic rings. The Kier molecular flexibility index (Phi) is 5.22. The quantitative estimate of drug-likeness (QED) is 0.613. The number of benzene rings is 1. The van der Waals surface area contributed by atoms with Crippen LogP contribution in [0.15, 0.2) is 18.2 Å². The van der Waals surface area contributed by atoms with Gasteiger partial charge in [-0.25, -0.2) is 8.78 Å². The summed E-state index contributed by atoms with van der Waals surface area (Å²) in [6.07, 6.45) is 0.943. The van der Waals surface area contributed by atoms with Gasteiger partial charge < -0.3 is 5.32 Å². The zero-order valence-electron chi connectivity index (χ0n) is 10.1. The molecule has 1 rings (SSSR count). The van der Waals surface area contributed by atoms with Crippen molar-refractivity contribution in [3.8, 4) is 0 Å². The van der Waals surface area contributed by atoms with Gasteiger partial charge in [-0.15, -0.1) is 0 Å². The van der Waals surface area contributed by atoms with Gasteiger partial charge in [0.15, 0.2) is 5.78 Å². The second-order valence-electron chi connectivity index (χ2n) is 4.41. The van der Waals surface area contributed by atoms with Crippen LogP contribution in [0.4, 0.5) is 8.78 Å². The minimum Gasteiger partial charge on any atom is -0.310 e. The predicted octanol–water partition coefficient (Wildman–Crippen LogP) is 2.78. The fraction of sp³-hybridized carbons (Fsp3) is 0.462. The van der Waals surface area contributed by atoms with Gasteiger partial charge in [-0.3, -0.25) is 4.79 Å². The van der Waals surface area contributed by atoms with E-state index in [9.17, 15) is 13.6 Å². The van der Waals surface area contributed by atoms with Gasteiger partial charge in [0.05, 0.1) is 12.1 Å². The maximum absolute atomic E-state index is 13.2. The minimum atomic E-state index is -0.679. The lowest BCUT2D eigenvalue weighted by atomic mass is 10.1. The molecule has 0 aliphatic carbocycles. The highest BCUT2D eigenvalue weighted by molar-refractivity contribution is 5.97. The van der Waals surface area contributed by atoms with Gasteiger partial charge in [0.1, 0.15) is 11.6 Å². The Morgan fingerprint density at radius 2 is 2.06 bits per heavy atom. The highest BCUT2D eigenvalue weighted by atomic mass is 19.1. The van der Waals surface area contributed by atoms with Crippen molar-refractivity contribution in [2.24, 2.45) is 5.92 Å². The maximum Gasteiger partial charge on any atom is 0.179 e. The van der Waals surface area contributed by atoms with Crippen molar-refractivity contribution >= 4 is 5.78 Å². The molecule has 0 unspecified atom stereocenters. The van der Waals surface area contributed by atoms with E-state index in [2.05, 4.69) is 19.2 Å². The summed E-state index contributed by atoms with van der Waals surface area (Å²) in [5.41, 5.74) is -0.193. The minimum absolute atomic E-state index is 0.0348. The zero-order valence-corrected chi connectivity index (χ0v) is 10.1. The molecule has 2 nitrogen and oxygen atoms in total. The Bertz CT molecular complexity index is 391. The van der Waals surface area contributed by atoms with Crippen LogP contribution in [0, 0.1) is 17.6 Å². The molecule has 4 heteroatoms. The fourth-order valence-corrected chi connectivity index (χ4v) is 1.40. The summed E-state index contributed by atoms with van der Waals surface area (Å²) in [5.74, 6) is -1.16. The summed E-state index contributed by atoms with van der Waals surface area (Å²) in [4.78, 5) is 11.6. The Balaban J connectivity index is 2.49. The molecule has 0 aromatic heterocycles. The number of hydrogen-bond donors (Lipinski definition) is 1. The number of Topliss-reactive ketones (excluding diaryl/α,β-unsaturated/α-hetero) is 1. The first-order chi connectivity index (χ1) is 8.00. The molecule has 0 aliphatic rings. The van der Waals surface area contributed by atoms with Crippen molar-refractivity contribution in [1.29, 1.82) is 0 Å². The summed E-state index contributed by atoms with van der Waals surface area (Å²) in [5, 5.41) is 2.92. The van der Waals surface area contributed by atoms with Crippen molar-refractivity contribution in [2.75, 3.05) is 13.1 Å². The number of carbonyl (C=O) groups excluding carboxylic acids is 1. The number of nitrogens with one attached hydrogen (secondary N) is 1. The lowest BCUT2D eigenvalue weighted by Crippen LogP contribution is -2.25. The van der Waals surface area contributed by atoms with Crippen LogP contribution < -0.4 is 5.32 Å². The second-order valence-corrected chi connectivity index (χ2v) is 4.41. The van der Waals surface area contributed by atoms with E-state index in [0.717, 1.165) is 24.6 Å². The van der Waals surface area contributed by atoms with Gasteiger partial charge in [0, 0.05) is 0 Å². The van der Waals surface area contributed by atoms with Crippen molar-refractivity contribution in [2.45, 2.75) is 20.3 Å². The average Bonchev–Trinajstić information content (AvgIpc) is 2.27. The molecule has 0 bridgehead atoms. The molecule has 0 fully saturated rings. The van der Waals surface area contributed by atoms with Crippen LogP contribution in [0.25, 0.3) is 0 Å². The van der Waals surface area contributed by atoms with E-state index in [0.29, 0.717) is 12.5 Å². The van der Waals surface area contributed by atoms with Crippen molar-refractivity contribution in [3.05, 3.63) is 35.4 Å². The van der Waals surface area contributed by atoms with Crippen LogP contribution >= 0.6 is 0 Å². The van der Waals surface area contributed by atoms with E-state index in [1.807, 2.05) is 0 Å². The first-order valence-corrected chi connectivity index (χ1v) is 5.69. The van der Waals surface area contributed by atoms with Gasteiger partial charge in [-0.1, -0.05) is 13.8 Å². The van der Waals surface area contributed by atoms with Crippen LogP contribution in [0.2, 0.25) is 0 Å². The topological polar surface area (TPSA) is 29.1 Å². The third-order valence-corrected chi connectivity index (χ3v) is 2.41. The summed E-state index contributed by atoms with van der Waals surface area (Å²) < 4.78 is 26.1. The molecular formula is C13H17F2NO. The summed E-state index contributed by atoms with van der Waals surface area (Å²) in [7, 11) is 0. The van der Waals surface area contributed by atoms with E-state index < -0.39 is 17.4 Å². The van der Waals surface area contributed by atoms with E-state index in [-0.39, 0.29) is 12.1 Å². The maximum atomic E-state index is 13.2. The Labute approximate surface area is 100 Å². The Hall–Kier alpha value is -1.29. The summed E-state index contributed by atoms with van der Waals surface area (Å²) in [6, 6.07) is 2.90. The number of carbonyl (C=O) groups is 1. The van der Waals surface area contributed by atoms with Gasteiger partial charge in [-0.2, -0.15) is 0 Å². The van der Waals surface area contributed by atoms with E-state index >= 15 is 0 Å². The van der Waals surface area contributed by atoms with Gasteiger partial charge in [0.25, 0.3) is 0 Å². The first-order valence-electron chi connectivity index (χ1n) is 5.69. The van der Waals surface area contributed by atoms with Crippen molar-refractivity contribution in [3.63, 3.8) is 0 Å². The zero-order chi connectivity index (χ0) is 12.8. The van der Waals surface area contributed by atoms with Gasteiger partial charge in [-0.05, 0) is 37.1 Å². The third-order valence-electron chi connectivity index (χ3n) is 2.41. The number of rotatable bonds is 6. The van der Waals surface area contributed by atoms with Crippen LogP contribution in [-0.4, -0.2) is 18.9 Å².